The molecule has 2 rings (SSSR count). The SMILES string of the molecule is NCCCc1ccc(S(=O)(=O)NCc2nccs2)cc1. The lowest BCUT2D eigenvalue weighted by molar-refractivity contribution is 0.581. The van der Waals surface area contributed by atoms with Gasteiger partial charge in [0.05, 0.1) is 11.4 Å². The van der Waals surface area contributed by atoms with Gasteiger partial charge in [0, 0.05) is 11.6 Å². The number of nitrogens with zero attached hydrogens (tertiary/aromatic N) is 1. The Morgan fingerprint density at radius 2 is 2.00 bits per heavy atom. The number of benzene rings is 1. The van der Waals surface area contributed by atoms with Gasteiger partial charge in [0.25, 0.3) is 0 Å². The first-order chi connectivity index (χ1) is 9.62. The van der Waals surface area contributed by atoms with E-state index in [0.29, 0.717) is 6.54 Å². The zero-order valence-corrected chi connectivity index (χ0v) is 12.6. The molecule has 0 bridgehead atoms. The highest BCUT2D eigenvalue weighted by molar-refractivity contribution is 7.89. The Bertz CT molecular complexity index is 622. The van der Waals surface area contributed by atoms with Crippen LogP contribution in [0.25, 0.3) is 0 Å². The van der Waals surface area contributed by atoms with Gasteiger partial charge in [-0.1, -0.05) is 12.1 Å². The van der Waals surface area contributed by atoms with Crippen molar-refractivity contribution in [3.63, 3.8) is 0 Å². The van der Waals surface area contributed by atoms with Crippen molar-refractivity contribution in [3.8, 4) is 0 Å². The van der Waals surface area contributed by atoms with Crippen LogP contribution < -0.4 is 10.5 Å². The first-order valence-electron chi connectivity index (χ1n) is 6.29. The van der Waals surface area contributed by atoms with Crippen molar-refractivity contribution in [1.82, 2.24) is 9.71 Å². The molecule has 7 heteroatoms. The first kappa shape index (κ1) is 15.1. The lowest BCUT2D eigenvalue weighted by Gasteiger charge is -2.06. The summed E-state index contributed by atoms with van der Waals surface area (Å²) in [6, 6.07) is 6.90. The average Bonchev–Trinajstić information content (AvgIpc) is 2.97. The molecule has 0 saturated heterocycles. The van der Waals surface area contributed by atoms with Gasteiger partial charge >= 0.3 is 0 Å². The predicted octanol–water partition coefficient (Wildman–Crippen LogP) is 1.51. The summed E-state index contributed by atoms with van der Waals surface area (Å²) in [5.74, 6) is 0. The van der Waals surface area contributed by atoms with Crippen LogP contribution in [0.3, 0.4) is 0 Å². The van der Waals surface area contributed by atoms with E-state index in [2.05, 4.69) is 9.71 Å². The summed E-state index contributed by atoms with van der Waals surface area (Å²) >= 11 is 1.42. The highest BCUT2D eigenvalue weighted by Crippen LogP contribution is 2.13. The molecule has 0 aliphatic rings. The molecule has 0 saturated carbocycles. The zero-order chi connectivity index (χ0) is 14.4. The van der Waals surface area contributed by atoms with Crippen LogP contribution in [-0.2, 0) is 23.0 Å². The van der Waals surface area contributed by atoms with Gasteiger partial charge in [0.1, 0.15) is 5.01 Å². The van der Waals surface area contributed by atoms with Gasteiger partial charge in [-0.05, 0) is 37.1 Å². The number of sulfonamides is 1. The van der Waals surface area contributed by atoms with E-state index in [-0.39, 0.29) is 11.4 Å². The molecule has 1 heterocycles. The standard InChI is InChI=1S/C13H17N3O2S2/c14-7-1-2-11-3-5-12(6-4-11)20(17,18)16-10-13-15-8-9-19-13/h3-6,8-9,16H,1-2,7,10,14H2. The van der Waals surface area contributed by atoms with Crippen LogP contribution in [-0.4, -0.2) is 19.9 Å². The number of aryl methyl sites for hydroxylation is 1. The Morgan fingerprint density at radius 1 is 1.25 bits per heavy atom. The number of nitrogens with one attached hydrogen (secondary N) is 1. The highest BCUT2D eigenvalue weighted by Gasteiger charge is 2.13. The molecule has 0 radical (unpaired) electrons. The third-order valence-corrected chi connectivity index (χ3v) is 5.00. The highest BCUT2D eigenvalue weighted by atomic mass is 32.2. The number of thiazole rings is 1. The molecule has 0 atom stereocenters. The van der Waals surface area contributed by atoms with Gasteiger partial charge in [0.15, 0.2) is 0 Å². The first-order valence-corrected chi connectivity index (χ1v) is 8.65. The van der Waals surface area contributed by atoms with Crippen LogP contribution in [0.4, 0.5) is 0 Å². The average molecular weight is 311 g/mol. The van der Waals surface area contributed by atoms with E-state index in [1.54, 1.807) is 18.3 Å². The third kappa shape index (κ3) is 4.11. The molecule has 0 aliphatic carbocycles. The largest absolute Gasteiger partial charge is 0.330 e. The molecule has 20 heavy (non-hydrogen) atoms. The van der Waals surface area contributed by atoms with Gasteiger partial charge in [-0.25, -0.2) is 18.1 Å². The second kappa shape index (κ2) is 6.94. The van der Waals surface area contributed by atoms with E-state index < -0.39 is 10.0 Å². The molecule has 0 aliphatic heterocycles. The Hall–Kier alpha value is -1.28. The van der Waals surface area contributed by atoms with Crippen LogP contribution >= 0.6 is 11.3 Å². The van der Waals surface area contributed by atoms with Gasteiger partial charge in [-0.15, -0.1) is 11.3 Å². The van der Waals surface area contributed by atoms with Gasteiger partial charge in [-0.2, -0.15) is 0 Å². The van der Waals surface area contributed by atoms with Gasteiger partial charge in [-0.3, -0.25) is 0 Å². The van der Waals surface area contributed by atoms with Crippen molar-refractivity contribution in [1.29, 1.82) is 0 Å². The number of nitrogens with two attached hydrogens (primary N) is 1. The zero-order valence-electron chi connectivity index (χ0n) is 11.0. The fourth-order valence-corrected chi connectivity index (χ4v) is 3.36. The summed E-state index contributed by atoms with van der Waals surface area (Å²) in [7, 11) is -3.48. The van der Waals surface area contributed by atoms with Crippen molar-refractivity contribution < 1.29 is 8.42 Å². The Balaban J connectivity index is 2.01. The Kier molecular flexibility index (Phi) is 5.24. The molecule has 1 aromatic heterocycles. The van der Waals surface area contributed by atoms with E-state index in [1.807, 2.05) is 17.5 Å². The van der Waals surface area contributed by atoms with Crippen LogP contribution in [0.15, 0.2) is 40.7 Å². The van der Waals surface area contributed by atoms with Crippen molar-refractivity contribution in [2.24, 2.45) is 5.73 Å². The minimum atomic E-state index is -3.48. The summed E-state index contributed by atoms with van der Waals surface area (Å²) in [6.07, 6.45) is 3.41. The molecule has 5 nitrogen and oxygen atoms in total. The molecule has 0 spiro atoms. The molecule has 2 aromatic rings. The summed E-state index contributed by atoms with van der Waals surface area (Å²) in [5, 5.41) is 2.56. The maximum Gasteiger partial charge on any atom is 0.240 e. The maximum absolute atomic E-state index is 12.1. The molecule has 0 unspecified atom stereocenters. The maximum atomic E-state index is 12.1. The van der Waals surface area contributed by atoms with E-state index in [4.69, 9.17) is 5.73 Å². The molecule has 3 N–H and O–H groups in total. The molecular formula is C13H17N3O2S2. The summed E-state index contributed by atoms with van der Waals surface area (Å²) in [5.41, 5.74) is 6.54. The summed E-state index contributed by atoms with van der Waals surface area (Å²) in [6.45, 7) is 0.852. The number of hydrogen-bond donors (Lipinski definition) is 2. The van der Waals surface area contributed by atoms with Gasteiger partial charge < -0.3 is 5.73 Å². The van der Waals surface area contributed by atoms with E-state index in [1.165, 1.54) is 11.3 Å². The third-order valence-electron chi connectivity index (χ3n) is 2.80. The van der Waals surface area contributed by atoms with E-state index in [9.17, 15) is 8.42 Å². The fourth-order valence-electron chi connectivity index (χ4n) is 1.72. The van der Waals surface area contributed by atoms with Crippen molar-refractivity contribution >= 4 is 21.4 Å². The fraction of sp³-hybridized carbons (Fsp3) is 0.308. The van der Waals surface area contributed by atoms with Crippen molar-refractivity contribution in [2.75, 3.05) is 6.54 Å². The normalized spacial score (nSPS) is 11.7. The predicted molar refractivity (Wildman–Crippen MR) is 80.0 cm³/mol. The number of hydrogen-bond acceptors (Lipinski definition) is 5. The minimum Gasteiger partial charge on any atom is -0.330 e. The van der Waals surface area contributed by atoms with Gasteiger partial charge in [0.2, 0.25) is 10.0 Å². The lowest BCUT2D eigenvalue weighted by Crippen LogP contribution is -2.23. The number of rotatable bonds is 7. The number of aromatic nitrogens is 1. The topological polar surface area (TPSA) is 85.1 Å². The molecular weight excluding hydrogens is 294 g/mol. The summed E-state index contributed by atoms with van der Waals surface area (Å²) in [4.78, 5) is 4.31. The van der Waals surface area contributed by atoms with Crippen LogP contribution in [0, 0.1) is 0 Å². The quantitative estimate of drug-likeness (QED) is 0.812. The monoisotopic (exact) mass is 311 g/mol. The second-order valence-electron chi connectivity index (χ2n) is 4.29. The van der Waals surface area contributed by atoms with E-state index >= 15 is 0 Å². The minimum absolute atomic E-state index is 0.217. The summed E-state index contributed by atoms with van der Waals surface area (Å²) < 4.78 is 26.7. The van der Waals surface area contributed by atoms with Crippen molar-refractivity contribution in [2.45, 2.75) is 24.3 Å². The van der Waals surface area contributed by atoms with Crippen LogP contribution in [0.5, 0.6) is 0 Å². The van der Waals surface area contributed by atoms with Crippen LogP contribution in [0.2, 0.25) is 0 Å². The molecule has 0 fully saturated rings. The molecule has 1 aromatic carbocycles. The van der Waals surface area contributed by atoms with Crippen LogP contribution in [0.1, 0.15) is 17.0 Å². The van der Waals surface area contributed by atoms with Crippen molar-refractivity contribution in [3.05, 3.63) is 46.4 Å². The Morgan fingerprint density at radius 3 is 2.60 bits per heavy atom. The molecule has 108 valence electrons. The lowest BCUT2D eigenvalue weighted by atomic mass is 10.1. The van der Waals surface area contributed by atoms with E-state index in [0.717, 1.165) is 23.4 Å². The molecule has 0 amide bonds. The second-order valence-corrected chi connectivity index (χ2v) is 7.03. The smallest absolute Gasteiger partial charge is 0.240 e. The Labute approximate surface area is 122 Å².